The molecular weight excluding hydrogens is 389 g/mol. The quantitative estimate of drug-likeness (QED) is 0.241. The van der Waals surface area contributed by atoms with Crippen LogP contribution in [0.25, 0.3) is 0 Å². The third-order valence-electron chi connectivity index (χ3n) is 2.74. The zero-order chi connectivity index (χ0) is 14.5. The van der Waals surface area contributed by atoms with Gasteiger partial charge in [-0.15, -0.1) is 0 Å². The molecule has 0 aliphatic heterocycles. The van der Waals surface area contributed by atoms with Crippen LogP contribution in [0.15, 0.2) is 47.6 Å². The first kappa shape index (κ1) is 14.9. The minimum Gasteiger partial charge on any atom is -0.409 e. The van der Waals surface area contributed by atoms with Gasteiger partial charge in [-0.25, -0.2) is 0 Å². The summed E-state index contributed by atoms with van der Waals surface area (Å²) in [6, 6.07) is 13.3. The number of rotatable bonds is 4. The lowest BCUT2D eigenvalue weighted by molar-refractivity contribution is 0.318. The summed E-state index contributed by atoms with van der Waals surface area (Å²) in [6.45, 7) is 0.604. The third-order valence-corrected chi connectivity index (χ3v) is 3.73. The molecule has 0 radical (unpaired) electrons. The fourth-order valence-electron chi connectivity index (χ4n) is 1.73. The Morgan fingerprint density at radius 2 is 2.10 bits per heavy atom. The molecule has 4 nitrogen and oxygen atoms in total. The smallest absolute Gasteiger partial charge is 0.170 e. The lowest BCUT2D eigenvalue weighted by atomic mass is 10.1. The third kappa shape index (κ3) is 3.77. The molecule has 0 bridgehead atoms. The maximum atomic E-state index is 8.68. The first-order chi connectivity index (χ1) is 9.60. The van der Waals surface area contributed by atoms with E-state index in [1.165, 1.54) is 0 Å². The van der Waals surface area contributed by atoms with Gasteiger partial charge in [0.25, 0.3) is 0 Å². The number of nitrogens with zero attached hydrogens (tertiary/aromatic N) is 1. The van der Waals surface area contributed by atoms with Crippen LogP contribution in [0, 0.1) is 3.57 Å². The van der Waals surface area contributed by atoms with Crippen molar-refractivity contribution in [2.24, 2.45) is 10.9 Å². The van der Waals surface area contributed by atoms with Crippen LogP contribution < -0.4 is 11.1 Å². The molecule has 104 valence electrons. The van der Waals surface area contributed by atoms with E-state index in [4.69, 9.17) is 22.5 Å². The summed E-state index contributed by atoms with van der Waals surface area (Å²) in [5.74, 6) is 0.0964. The molecule has 2 aromatic carbocycles. The Morgan fingerprint density at radius 3 is 2.80 bits per heavy atom. The van der Waals surface area contributed by atoms with Crippen LogP contribution in [0.1, 0.15) is 11.1 Å². The molecule has 20 heavy (non-hydrogen) atoms. The van der Waals surface area contributed by atoms with Crippen molar-refractivity contribution >= 4 is 45.7 Å². The Morgan fingerprint density at radius 1 is 1.30 bits per heavy atom. The molecule has 4 N–H and O–H groups in total. The summed E-state index contributed by atoms with van der Waals surface area (Å²) in [5, 5.41) is 15.6. The maximum Gasteiger partial charge on any atom is 0.170 e. The van der Waals surface area contributed by atoms with Gasteiger partial charge >= 0.3 is 0 Å². The van der Waals surface area contributed by atoms with E-state index in [9.17, 15) is 0 Å². The van der Waals surface area contributed by atoms with Gasteiger partial charge in [-0.3, -0.25) is 0 Å². The molecule has 2 rings (SSSR count). The van der Waals surface area contributed by atoms with Crippen LogP contribution in [0.3, 0.4) is 0 Å². The molecule has 0 saturated carbocycles. The van der Waals surface area contributed by atoms with Crippen molar-refractivity contribution in [1.29, 1.82) is 0 Å². The van der Waals surface area contributed by atoms with E-state index >= 15 is 0 Å². The van der Waals surface area contributed by atoms with Crippen LogP contribution in [-0.4, -0.2) is 11.0 Å². The summed E-state index contributed by atoms with van der Waals surface area (Å²) in [5.41, 5.74) is 8.14. The van der Waals surface area contributed by atoms with E-state index in [-0.39, 0.29) is 5.84 Å². The van der Waals surface area contributed by atoms with E-state index in [0.29, 0.717) is 17.1 Å². The number of amidine groups is 1. The van der Waals surface area contributed by atoms with Gasteiger partial charge in [-0.05, 0) is 52.4 Å². The summed E-state index contributed by atoms with van der Waals surface area (Å²) >= 11 is 8.38. The fraction of sp³-hybridized carbons (Fsp3) is 0.0714. The van der Waals surface area contributed by atoms with Crippen molar-refractivity contribution in [3.63, 3.8) is 0 Å². The zero-order valence-corrected chi connectivity index (χ0v) is 13.4. The van der Waals surface area contributed by atoms with Gasteiger partial charge in [0, 0.05) is 15.7 Å². The van der Waals surface area contributed by atoms with Crippen LogP contribution in [-0.2, 0) is 6.54 Å². The summed E-state index contributed by atoms with van der Waals surface area (Å²) in [4.78, 5) is 0. The van der Waals surface area contributed by atoms with Gasteiger partial charge in [0.15, 0.2) is 5.84 Å². The van der Waals surface area contributed by atoms with Crippen molar-refractivity contribution in [3.8, 4) is 0 Å². The predicted octanol–water partition coefficient (Wildman–Crippen LogP) is 3.65. The van der Waals surface area contributed by atoms with Gasteiger partial charge in [-0.1, -0.05) is 35.0 Å². The second-order valence-electron chi connectivity index (χ2n) is 4.16. The SMILES string of the molecule is N/C(=N/O)c1cccc(CNc2ccc(I)cc2Cl)c1. The molecule has 0 spiro atoms. The Hall–Kier alpha value is -1.47. The topological polar surface area (TPSA) is 70.6 Å². The number of hydrogen-bond acceptors (Lipinski definition) is 3. The maximum absolute atomic E-state index is 8.68. The molecule has 0 heterocycles. The van der Waals surface area contributed by atoms with Crippen LogP contribution in [0.4, 0.5) is 5.69 Å². The molecule has 2 aromatic rings. The van der Waals surface area contributed by atoms with Gasteiger partial charge in [0.2, 0.25) is 0 Å². The first-order valence-electron chi connectivity index (χ1n) is 5.86. The second-order valence-corrected chi connectivity index (χ2v) is 5.82. The normalized spacial score (nSPS) is 11.4. The van der Waals surface area contributed by atoms with Crippen LogP contribution in [0.2, 0.25) is 5.02 Å². The number of nitrogens with two attached hydrogens (primary N) is 1. The Balaban J connectivity index is 2.11. The standard InChI is InChI=1S/C14H13ClIN3O/c15-12-7-11(16)4-5-13(12)18-8-9-2-1-3-10(6-9)14(17)19-20/h1-7,18,20H,8H2,(H2,17,19). The largest absolute Gasteiger partial charge is 0.409 e. The number of benzene rings is 2. The summed E-state index contributed by atoms with van der Waals surface area (Å²) in [6.07, 6.45) is 0. The van der Waals surface area contributed by atoms with E-state index in [1.807, 2.05) is 36.4 Å². The highest BCUT2D eigenvalue weighted by molar-refractivity contribution is 14.1. The minimum atomic E-state index is 0.0964. The Bertz CT molecular complexity index is 646. The average molecular weight is 402 g/mol. The van der Waals surface area contributed by atoms with Gasteiger partial charge in [0.05, 0.1) is 10.7 Å². The molecule has 0 saturated heterocycles. The minimum absolute atomic E-state index is 0.0964. The Labute approximate surface area is 135 Å². The average Bonchev–Trinajstić information content (AvgIpc) is 2.46. The van der Waals surface area contributed by atoms with E-state index in [1.54, 1.807) is 6.07 Å². The number of hydrogen-bond donors (Lipinski definition) is 3. The molecule has 0 aliphatic rings. The molecule has 0 aromatic heterocycles. The van der Waals surface area contributed by atoms with Crippen LogP contribution in [0.5, 0.6) is 0 Å². The first-order valence-corrected chi connectivity index (χ1v) is 7.31. The van der Waals surface area contributed by atoms with Crippen molar-refractivity contribution in [3.05, 3.63) is 62.2 Å². The highest BCUT2D eigenvalue weighted by atomic mass is 127. The van der Waals surface area contributed by atoms with Crippen molar-refractivity contribution in [1.82, 2.24) is 0 Å². The summed E-state index contributed by atoms with van der Waals surface area (Å²) in [7, 11) is 0. The lowest BCUT2D eigenvalue weighted by Crippen LogP contribution is -2.13. The highest BCUT2D eigenvalue weighted by Gasteiger charge is 2.03. The number of nitrogens with one attached hydrogen (secondary N) is 1. The van der Waals surface area contributed by atoms with Crippen molar-refractivity contribution in [2.75, 3.05) is 5.32 Å². The van der Waals surface area contributed by atoms with Gasteiger partial charge in [-0.2, -0.15) is 0 Å². The number of halogens is 2. The van der Waals surface area contributed by atoms with E-state index in [2.05, 4.69) is 33.1 Å². The van der Waals surface area contributed by atoms with Crippen molar-refractivity contribution in [2.45, 2.75) is 6.54 Å². The van der Waals surface area contributed by atoms with E-state index in [0.717, 1.165) is 14.8 Å². The van der Waals surface area contributed by atoms with Crippen molar-refractivity contribution < 1.29 is 5.21 Å². The molecular formula is C14H13ClIN3O. The monoisotopic (exact) mass is 401 g/mol. The second kappa shape index (κ2) is 6.81. The van der Waals surface area contributed by atoms with E-state index < -0.39 is 0 Å². The van der Waals surface area contributed by atoms with Gasteiger partial charge in [0.1, 0.15) is 0 Å². The predicted molar refractivity (Wildman–Crippen MR) is 90.4 cm³/mol. The summed E-state index contributed by atoms with van der Waals surface area (Å²) < 4.78 is 1.09. The number of anilines is 1. The molecule has 6 heteroatoms. The molecule has 0 amide bonds. The molecule has 0 atom stereocenters. The molecule has 0 aliphatic carbocycles. The Kier molecular flexibility index (Phi) is 5.08. The van der Waals surface area contributed by atoms with Crippen LogP contribution >= 0.6 is 34.2 Å². The highest BCUT2D eigenvalue weighted by Crippen LogP contribution is 2.24. The lowest BCUT2D eigenvalue weighted by Gasteiger charge is -2.09. The number of oxime groups is 1. The fourth-order valence-corrected chi connectivity index (χ4v) is 2.65. The zero-order valence-electron chi connectivity index (χ0n) is 10.5. The van der Waals surface area contributed by atoms with Gasteiger partial charge < -0.3 is 16.3 Å². The molecule has 0 fully saturated rings. The molecule has 0 unspecified atom stereocenters.